The third kappa shape index (κ3) is 2.60. The van der Waals surface area contributed by atoms with Crippen LogP contribution >= 0.6 is 0 Å². The number of carbonyl (C=O) groups excluding carboxylic acids is 1. The third-order valence-electron chi connectivity index (χ3n) is 2.33. The standard InChI is InChI=1S/C13H13NO/c1-2-3-10-4-6-11(7-5-10)13(15)14-12-8-9-12/h4-7,12H,8-9H2,1H3,(H,14,15). The van der Waals surface area contributed by atoms with Crippen LogP contribution in [0.2, 0.25) is 0 Å². The number of hydrogen-bond acceptors (Lipinski definition) is 1. The molecule has 0 bridgehead atoms. The summed E-state index contributed by atoms with van der Waals surface area (Å²) in [5, 5.41) is 2.95. The van der Waals surface area contributed by atoms with E-state index in [1.807, 2.05) is 24.3 Å². The van der Waals surface area contributed by atoms with Gasteiger partial charge in [0.05, 0.1) is 0 Å². The fraction of sp³-hybridized carbons (Fsp3) is 0.308. The van der Waals surface area contributed by atoms with Gasteiger partial charge in [-0.3, -0.25) is 4.79 Å². The molecule has 0 saturated heterocycles. The topological polar surface area (TPSA) is 29.1 Å². The lowest BCUT2D eigenvalue weighted by Crippen LogP contribution is -2.25. The van der Waals surface area contributed by atoms with Crippen molar-refractivity contribution in [2.45, 2.75) is 25.8 Å². The molecule has 0 heterocycles. The van der Waals surface area contributed by atoms with Crippen molar-refractivity contribution < 1.29 is 4.79 Å². The van der Waals surface area contributed by atoms with Gasteiger partial charge in [0.15, 0.2) is 0 Å². The maximum absolute atomic E-state index is 11.6. The molecule has 76 valence electrons. The molecule has 1 aliphatic carbocycles. The van der Waals surface area contributed by atoms with E-state index < -0.39 is 0 Å². The van der Waals surface area contributed by atoms with Gasteiger partial charge in [-0.2, -0.15) is 0 Å². The molecule has 0 aliphatic heterocycles. The van der Waals surface area contributed by atoms with Crippen LogP contribution in [0.25, 0.3) is 0 Å². The SMILES string of the molecule is CC#Cc1ccc(C(=O)NC2CC2)cc1. The Hall–Kier alpha value is -1.75. The lowest BCUT2D eigenvalue weighted by Gasteiger charge is -2.02. The summed E-state index contributed by atoms with van der Waals surface area (Å²) < 4.78 is 0. The first-order chi connectivity index (χ1) is 7.29. The van der Waals surface area contributed by atoms with Crippen LogP contribution in [0.1, 0.15) is 35.7 Å². The second-order valence-corrected chi connectivity index (χ2v) is 3.70. The molecular formula is C13H13NO. The Morgan fingerprint density at radius 1 is 1.33 bits per heavy atom. The Morgan fingerprint density at radius 3 is 2.53 bits per heavy atom. The van der Waals surface area contributed by atoms with Gasteiger partial charge in [-0.1, -0.05) is 5.92 Å². The van der Waals surface area contributed by atoms with E-state index in [2.05, 4.69) is 17.2 Å². The summed E-state index contributed by atoms with van der Waals surface area (Å²) in [5.74, 6) is 5.79. The number of rotatable bonds is 2. The summed E-state index contributed by atoms with van der Waals surface area (Å²) in [5.41, 5.74) is 1.66. The van der Waals surface area contributed by atoms with Crippen molar-refractivity contribution in [3.05, 3.63) is 35.4 Å². The molecule has 1 aromatic carbocycles. The Bertz CT molecular complexity index is 418. The molecule has 2 rings (SSSR count). The summed E-state index contributed by atoms with van der Waals surface area (Å²) in [6.45, 7) is 1.80. The molecule has 1 N–H and O–H groups in total. The number of carbonyl (C=O) groups is 1. The lowest BCUT2D eigenvalue weighted by atomic mass is 10.1. The van der Waals surface area contributed by atoms with Crippen LogP contribution in [-0.2, 0) is 0 Å². The number of hydrogen-bond donors (Lipinski definition) is 1. The van der Waals surface area contributed by atoms with Gasteiger partial charge in [0, 0.05) is 17.2 Å². The quantitative estimate of drug-likeness (QED) is 0.725. The summed E-state index contributed by atoms with van der Waals surface area (Å²) in [6, 6.07) is 7.79. The van der Waals surface area contributed by atoms with E-state index in [1.165, 1.54) is 0 Å². The Labute approximate surface area is 89.7 Å². The first-order valence-corrected chi connectivity index (χ1v) is 5.13. The molecule has 1 amide bonds. The molecular weight excluding hydrogens is 186 g/mol. The van der Waals surface area contributed by atoms with Gasteiger partial charge in [-0.15, -0.1) is 5.92 Å². The minimum atomic E-state index is 0.0218. The van der Waals surface area contributed by atoms with Crippen molar-refractivity contribution in [2.75, 3.05) is 0 Å². The van der Waals surface area contributed by atoms with Crippen LogP contribution in [0.3, 0.4) is 0 Å². The summed E-state index contributed by atoms with van der Waals surface area (Å²) >= 11 is 0. The van der Waals surface area contributed by atoms with E-state index in [4.69, 9.17) is 0 Å². The molecule has 1 fully saturated rings. The van der Waals surface area contributed by atoms with Crippen molar-refractivity contribution in [3.63, 3.8) is 0 Å². The number of nitrogens with one attached hydrogen (secondary N) is 1. The van der Waals surface area contributed by atoms with Crippen LogP contribution in [0.15, 0.2) is 24.3 Å². The van der Waals surface area contributed by atoms with E-state index in [1.54, 1.807) is 6.92 Å². The second kappa shape index (κ2) is 4.18. The molecule has 2 nitrogen and oxygen atoms in total. The van der Waals surface area contributed by atoms with E-state index >= 15 is 0 Å². The van der Waals surface area contributed by atoms with Crippen molar-refractivity contribution in [2.24, 2.45) is 0 Å². The van der Waals surface area contributed by atoms with Gasteiger partial charge >= 0.3 is 0 Å². The van der Waals surface area contributed by atoms with Crippen LogP contribution in [0, 0.1) is 11.8 Å². The molecule has 1 aliphatic rings. The second-order valence-electron chi connectivity index (χ2n) is 3.70. The average molecular weight is 199 g/mol. The average Bonchev–Trinajstić information content (AvgIpc) is 3.03. The van der Waals surface area contributed by atoms with E-state index in [9.17, 15) is 4.79 Å². The van der Waals surface area contributed by atoms with E-state index in [0.29, 0.717) is 11.6 Å². The molecule has 0 unspecified atom stereocenters. The molecule has 0 atom stereocenters. The van der Waals surface area contributed by atoms with Crippen molar-refractivity contribution in [1.82, 2.24) is 5.32 Å². The first kappa shape index (κ1) is 9.79. The highest BCUT2D eigenvalue weighted by Crippen LogP contribution is 2.19. The number of benzene rings is 1. The zero-order valence-corrected chi connectivity index (χ0v) is 8.71. The Balaban J connectivity index is 2.06. The zero-order valence-electron chi connectivity index (χ0n) is 8.71. The van der Waals surface area contributed by atoms with Crippen molar-refractivity contribution in [1.29, 1.82) is 0 Å². The van der Waals surface area contributed by atoms with Crippen LogP contribution in [0.5, 0.6) is 0 Å². The minimum absolute atomic E-state index is 0.0218. The molecule has 1 aromatic rings. The summed E-state index contributed by atoms with van der Waals surface area (Å²) in [7, 11) is 0. The maximum Gasteiger partial charge on any atom is 0.251 e. The molecule has 15 heavy (non-hydrogen) atoms. The van der Waals surface area contributed by atoms with Gasteiger partial charge in [-0.25, -0.2) is 0 Å². The first-order valence-electron chi connectivity index (χ1n) is 5.13. The zero-order chi connectivity index (χ0) is 10.7. The van der Waals surface area contributed by atoms with Crippen LogP contribution < -0.4 is 5.32 Å². The highest BCUT2D eigenvalue weighted by Gasteiger charge is 2.23. The summed E-state index contributed by atoms with van der Waals surface area (Å²) in [6.07, 6.45) is 2.23. The van der Waals surface area contributed by atoms with Crippen LogP contribution in [0.4, 0.5) is 0 Å². The Morgan fingerprint density at radius 2 is 2.00 bits per heavy atom. The smallest absolute Gasteiger partial charge is 0.251 e. The largest absolute Gasteiger partial charge is 0.349 e. The van der Waals surface area contributed by atoms with Crippen molar-refractivity contribution >= 4 is 5.91 Å². The van der Waals surface area contributed by atoms with E-state index in [-0.39, 0.29) is 5.91 Å². The monoisotopic (exact) mass is 199 g/mol. The fourth-order valence-corrected chi connectivity index (χ4v) is 1.35. The van der Waals surface area contributed by atoms with Gasteiger partial charge in [-0.05, 0) is 44.0 Å². The predicted octanol–water partition coefficient (Wildman–Crippen LogP) is 1.95. The van der Waals surface area contributed by atoms with Crippen LogP contribution in [-0.4, -0.2) is 11.9 Å². The Kier molecular flexibility index (Phi) is 2.73. The van der Waals surface area contributed by atoms with Gasteiger partial charge in [0.25, 0.3) is 5.91 Å². The highest BCUT2D eigenvalue weighted by molar-refractivity contribution is 5.94. The number of amides is 1. The predicted molar refractivity (Wildman–Crippen MR) is 59.5 cm³/mol. The van der Waals surface area contributed by atoms with Gasteiger partial charge in [0.2, 0.25) is 0 Å². The molecule has 0 radical (unpaired) electrons. The normalized spacial score (nSPS) is 13.9. The van der Waals surface area contributed by atoms with Crippen molar-refractivity contribution in [3.8, 4) is 11.8 Å². The van der Waals surface area contributed by atoms with E-state index in [0.717, 1.165) is 18.4 Å². The van der Waals surface area contributed by atoms with Gasteiger partial charge < -0.3 is 5.32 Å². The third-order valence-corrected chi connectivity index (χ3v) is 2.33. The highest BCUT2D eigenvalue weighted by atomic mass is 16.1. The minimum Gasteiger partial charge on any atom is -0.349 e. The fourth-order valence-electron chi connectivity index (χ4n) is 1.35. The molecule has 0 aromatic heterocycles. The summed E-state index contributed by atoms with van der Waals surface area (Å²) in [4.78, 5) is 11.6. The van der Waals surface area contributed by atoms with Gasteiger partial charge in [0.1, 0.15) is 0 Å². The molecule has 2 heteroatoms. The maximum atomic E-state index is 11.6. The lowest BCUT2D eigenvalue weighted by molar-refractivity contribution is 0.0951. The molecule has 1 saturated carbocycles. The molecule has 0 spiro atoms.